The van der Waals surface area contributed by atoms with Gasteiger partial charge in [0.2, 0.25) is 5.91 Å². The van der Waals surface area contributed by atoms with Crippen LogP contribution >= 0.6 is 0 Å². The minimum absolute atomic E-state index is 0.0143. The van der Waals surface area contributed by atoms with Gasteiger partial charge < -0.3 is 15.2 Å². The summed E-state index contributed by atoms with van der Waals surface area (Å²) in [6.07, 6.45) is 3.11. The van der Waals surface area contributed by atoms with Gasteiger partial charge in [-0.1, -0.05) is 0 Å². The lowest BCUT2D eigenvalue weighted by Gasteiger charge is -2.15. The van der Waals surface area contributed by atoms with Crippen molar-refractivity contribution in [3.05, 3.63) is 0 Å². The Bertz CT molecular complexity index is 202. The highest BCUT2D eigenvalue weighted by Gasteiger charge is 2.43. The molecule has 14 heavy (non-hydrogen) atoms. The van der Waals surface area contributed by atoms with Crippen molar-refractivity contribution in [1.82, 2.24) is 5.32 Å². The van der Waals surface area contributed by atoms with Gasteiger partial charge in [-0.3, -0.25) is 4.79 Å². The average molecular weight is 201 g/mol. The van der Waals surface area contributed by atoms with Crippen LogP contribution in [0.4, 0.5) is 0 Å². The minimum Gasteiger partial charge on any atom is -0.394 e. The van der Waals surface area contributed by atoms with Crippen LogP contribution in [0.3, 0.4) is 0 Å². The van der Waals surface area contributed by atoms with Crippen LogP contribution in [-0.2, 0) is 9.53 Å². The molecule has 1 amide bonds. The Morgan fingerprint density at radius 1 is 1.64 bits per heavy atom. The molecule has 0 aliphatic heterocycles. The van der Waals surface area contributed by atoms with Crippen LogP contribution in [0.5, 0.6) is 0 Å². The third-order valence-corrected chi connectivity index (χ3v) is 2.74. The molecule has 1 atom stereocenters. The third kappa shape index (κ3) is 3.27. The maximum absolute atomic E-state index is 11.4. The molecule has 4 heteroatoms. The van der Waals surface area contributed by atoms with Gasteiger partial charge in [0.1, 0.15) is 0 Å². The summed E-state index contributed by atoms with van der Waals surface area (Å²) in [6, 6.07) is 0. The second-order valence-corrected chi connectivity index (χ2v) is 4.07. The molecule has 0 heterocycles. The van der Waals surface area contributed by atoms with E-state index in [1.165, 1.54) is 0 Å². The molecule has 1 aliphatic carbocycles. The maximum atomic E-state index is 11.4. The largest absolute Gasteiger partial charge is 0.394 e. The Morgan fingerprint density at radius 2 is 2.29 bits per heavy atom. The van der Waals surface area contributed by atoms with Crippen molar-refractivity contribution in [2.45, 2.75) is 44.2 Å². The Balaban J connectivity index is 2.16. The summed E-state index contributed by atoms with van der Waals surface area (Å²) < 4.78 is 5.04. The number of nitrogens with one attached hydrogen (secondary N) is 1. The molecule has 82 valence electrons. The van der Waals surface area contributed by atoms with Gasteiger partial charge in [-0.15, -0.1) is 0 Å². The summed E-state index contributed by atoms with van der Waals surface area (Å²) in [4.78, 5) is 11.4. The van der Waals surface area contributed by atoms with Gasteiger partial charge >= 0.3 is 0 Å². The minimum atomic E-state index is -0.284. The number of aliphatic hydroxyl groups is 1. The molecule has 0 radical (unpaired) electrons. The number of hydrogen-bond acceptors (Lipinski definition) is 3. The molecule has 1 aliphatic rings. The van der Waals surface area contributed by atoms with Gasteiger partial charge in [0, 0.05) is 13.5 Å². The molecule has 0 spiro atoms. The smallest absolute Gasteiger partial charge is 0.220 e. The van der Waals surface area contributed by atoms with E-state index in [2.05, 4.69) is 5.32 Å². The fourth-order valence-corrected chi connectivity index (χ4v) is 1.28. The highest BCUT2D eigenvalue weighted by molar-refractivity contribution is 5.77. The van der Waals surface area contributed by atoms with Gasteiger partial charge in [0.25, 0.3) is 0 Å². The molecule has 0 bridgehead atoms. The van der Waals surface area contributed by atoms with E-state index in [1.807, 2.05) is 6.92 Å². The molecule has 0 aromatic heterocycles. The summed E-state index contributed by atoms with van der Waals surface area (Å²) in [7, 11) is 1.64. The van der Waals surface area contributed by atoms with Crippen LogP contribution in [-0.4, -0.2) is 36.4 Å². The zero-order valence-corrected chi connectivity index (χ0v) is 8.88. The number of carbonyl (C=O) groups is 1. The lowest BCUT2D eigenvalue weighted by atomic mass is 10.2. The van der Waals surface area contributed by atoms with Crippen molar-refractivity contribution in [2.75, 3.05) is 13.7 Å². The van der Waals surface area contributed by atoms with Gasteiger partial charge in [-0.2, -0.15) is 0 Å². The van der Waals surface area contributed by atoms with Crippen molar-refractivity contribution in [3.63, 3.8) is 0 Å². The molecule has 1 saturated carbocycles. The Hall–Kier alpha value is -0.610. The summed E-state index contributed by atoms with van der Waals surface area (Å²) >= 11 is 0. The Morgan fingerprint density at radius 3 is 2.71 bits per heavy atom. The van der Waals surface area contributed by atoms with Gasteiger partial charge in [-0.25, -0.2) is 0 Å². The second-order valence-electron chi connectivity index (χ2n) is 4.07. The highest BCUT2D eigenvalue weighted by Crippen LogP contribution is 2.34. The SMILES string of the molecule is COC(C)CCC(=O)NC1(CO)CC1. The molecule has 1 rings (SSSR count). The topological polar surface area (TPSA) is 58.6 Å². The molecule has 4 nitrogen and oxygen atoms in total. The first-order chi connectivity index (χ1) is 6.62. The predicted molar refractivity (Wildman–Crippen MR) is 52.9 cm³/mol. The van der Waals surface area contributed by atoms with Crippen molar-refractivity contribution in [3.8, 4) is 0 Å². The first kappa shape index (κ1) is 11.5. The molecule has 0 aromatic carbocycles. The van der Waals surface area contributed by atoms with E-state index in [0.717, 1.165) is 19.3 Å². The van der Waals surface area contributed by atoms with Crippen molar-refractivity contribution in [2.24, 2.45) is 0 Å². The van der Waals surface area contributed by atoms with E-state index in [4.69, 9.17) is 9.84 Å². The van der Waals surface area contributed by atoms with Crippen LogP contribution in [0.1, 0.15) is 32.6 Å². The van der Waals surface area contributed by atoms with E-state index >= 15 is 0 Å². The van der Waals surface area contributed by atoms with E-state index in [0.29, 0.717) is 6.42 Å². The molecule has 1 fully saturated rings. The summed E-state index contributed by atoms with van der Waals surface area (Å²) in [6.45, 7) is 1.99. The maximum Gasteiger partial charge on any atom is 0.220 e. The van der Waals surface area contributed by atoms with Crippen molar-refractivity contribution < 1.29 is 14.6 Å². The van der Waals surface area contributed by atoms with E-state index < -0.39 is 0 Å². The Kier molecular flexibility index (Phi) is 3.89. The standard InChI is InChI=1S/C10H19NO3/c1-8(14-2)3-4-9(13)11-10(7-12)5-6-10/h8,12H,3-7H2,1-2H3,(H,11,13). The molecular formula is C10H19NO3. The summed E-state index contributed by atoms with van der Waals surface area (Å²) in [5.74, 6) is 0.0143. The van der Waals surface area contributed by atoms with Gasteiger partial charge in [-0.05, 0) is 26.2 Å². The number of ether oxygens (including phenoxy) is 1. The normalized spacial score (nSPS) is 20.2. The number of amides is 1. The first-order valence-corrected chi connectivity index (χ1v) is 5.06. The molecule has 1 unspecified atom stereocenters. The second kappa shape index (κ2) is 4.75. The zero-order chi connectivity index (χ0) is 10.6. The number of rotatable bonds is 6. The number of hydrogen-bond donors (Lipinski definition) is 2. The molecule has 2 N–H and O–H groups in total. The van der Waals surface area contributed by atoms with Crippen LogP contribution in [0, 0.1) is 0 Å². The monoisotopic (exact) mass is 201 g/mol. The quantitative estimate of drug-likeness (QED) is 0.655. The van der Waals surface area contributed by atoms with E-state index in [1.54, 1.807) is 7.11 Å². The molecule has 0 aromatic rings. The van der Waals surface area contributed by atoms with E-state index in [9.17, 15) is 4.79 Å². The number of carbonyl (C=O) groups excluding carboxylic acids is 1. The Labute approximate surface area is 84.6 Å². The third-order valence-electron chi connectivity index (χ3n) is 2.74. The number of aliphatic hydroxyl groups excluding tert-OH is 1. The van der Waals surface area contributed by atoms with Crippen molar-refractivity contribution >= 4 is 5.91 Å². The lowest BCUT2D eigenvalue weighted by Crippen LogP contribution is -2.39. The van der Waals surface area contributed by atoms with Crippen LogP contribution < -0.4 is 5.32 Å². The van der Waals surface area contributed by atoms with Gasteiger partial charge in [0.05, 0.1) is 18.2 Å². The number of methoxy groups -OCH3 is 1. The first-order valence-electron chi connectivity index (χ1n) is 5.06. The fourth-order valence-electron chi connectivity index (χ4n) is 1.28. The fraction of sp³-hybridized carbons (Fsp3) is 0.900. The van der Waals surface area contributed by atoms with Crippen LogP contribution in [0.2, 0.25) is 0 Å². The molecule has 0 saturated heterocycles. The van der Waals surface area contributed by atoms with E-state index in [-0.39, 0.29) is 24.2 Å². The zero-order valence-electron chi connectivity index (χ0n) is 8.88. The van der Waals surface area contributed by atoms with Crippen LogP contribution in [0.25, 0.3) is 0 Å². The lowest BCUT2D eigenvalue weighted by molar-refractivity contribution is -0.123. The summed E-state index contributed by atoms with van der Waals surface area (Å²) in [5, 5.41) is 11.8. The average Bonchev–Trinajstić information content (AvgIpc) is 2.95. The van der Waals surface area contributed by atoms with Crippen LogP contribution in [0.15, 0.2) is 0 Å². The van der Waals surface area contributed by atoms with Gasteiger partial charge in [0.15, 0.2) is 0 Å². The highest BCUT2D eigenvalue weighted by atomic mass is 16.5. The summed E-state index contributed by atoms with van der Waals surface area (Å²) in [5.41, 5.74) is -0.284. The predicted octanol–water partition coefficient (Wildman–Crippen LogP) is 0.443. The van der Waals surface area contributed by atoms with Crippen molar-refractivity contribution in [1.29, 1.82) is 0 Å². The molecular weight excluding hydrogens is 182 g/mol.